The van der Waals surface area contributed by atoms with E-state index in [1.165, 1.54) is 0 Å². The van der Waals surface area contributed by atoms with Crippen molar-refractivity contribution in [1.29, 1.82) is 0 Å². The number of phenols is 1. The van der Waals surface area contributed by atoms with Gasteiger partial charge in [0.25, 0.3) is 0 Å². The average Bonchev–Trinajstić information content (AvgIpc) is 2.29. The molecule has 0 radical (unpaired) electrons. The zero-order valence-electron chi connectivity index (χ0n) is 9.17. The van der Waals surface area contributed by atoms with Gasteiger partial charge in [0, 0.05) is 10.6 Å². The van der Waals surface area contributed by atoms with Crippen molar-refractivity contribution >= 4 is 16.5 Å². The Kier molecular flexibility index (Phi) is 3.44. The number of rotatable bonds is 3. The molecule has 0 aliphatic rings. The lowest BCUT2D eigenvalue weighted by atomic mass is 10.2. The number of benzene rings is 2. The second kappa shape index (κ2) is 5.01. The van der Waals surface area contributed by atoms with Crippen LogP contribution in [0.5, 0.6) is 5.75 Å². The Morgan fingerprint density at radius 3 is 2.47 bits per heavy atom. The van der Waals surface area contributed by atoms with Gasteiger partial charge in [0.1, 0.15) is 5.75 Å². The van der Waals surface area contributed by atoms with E-state index in [0.717, 1.165) is 10.5 Å². The van der Waals surface area contributed by atoms with Crippen LogP contribution in [0.15, 0.2) is 53.4 Å². The molecule has 0 saturated carbocycles. The molecular formula is C13H13NO2S. The molecule has 2 aromatic carbocycles. The first-order valence-corrected chi connectivity index (χ1v) is 6.49. The number of nitrogen functional groups attached to an aromatic ring is 1. The molecule has 0 saturated heterocycles. The van der Waals surface area contributed by atoms with Gasteiger partial charge in [-0.3, -0.25) is 4.21 Å². The van der Waals surface area contributed by atoms with Crippen LogP contribution in [0.25, 0.3) is 0 Å². The normalized spacial score (nSPS) is 12.2. The molecule has 17 heavy (non-hydrogen) atoms. The Labute approximate surface area is 102 Å². The standard InChI is InChI=1S/C13H13NO2S/c14-11-4-6-13(7-5-11)17(16)9-10-2-1-3-12(15)8-10/h1-8,15H,9,14H2. The van der Waals surface area contributed by atoms with Crippen LogP contribution < -0.4 is 5.73 Å². The number of hydrogen-bond acceptors (Lipinski definition) is 3. The molecule has 0 aliphatic heterocycles. The van der Waals surface area contributed by atoms with Crippen molar-refractivity contribution < 1.29 is 9.32 Å². The number of hydrogen-bond donors (Lipinski definition) is 2. The van der Waals surface area contributed by atoms with Crippen molar-refractivity contribution in [3.63, 3.8) is 0 Å². The van der Waals surface area contributed by atoms with Gasteiger partial charge in [0.15, 0.2) is 0 Å². The zero-order valence-corrected chi connectivity index (χ0v) is 9.98. The van der Waals surface area contributed by atoms with Crippen molar-refractivity contribution in [2.45, 2.75) is 10.6 Å². The fourth-order valence-electron chi connectivity index (χ4n) is 1.50. The van der Waals surface area contributed by atoms with E-state index in [2.05, 4.69) is 0 Å². The zero-order chi connectivity index (χ0) is 12.3. The first-order valence-electron chi connectivity index (χ1n) is 5.17. The van der Waals surface area contributed by atoms with Crippen LogP contribution in [0.1, 0.15) is 5.56 Å². The lowest BCUT2D eigenvalue weighted by Gasteiger charge is -2.03. The van der Waals surface area contributed by atoms with Crippen LogP contribution in [0.3, 0.4) is 0 Å². The van der Waals surface area contributed by atoms with Crippen LogP contribution in [0.2, 0.25) is 0 Å². The monoisotopic (exact) mass is 247 g/mol. The smallest absolute Gasteiger partial charge is 0.115 e. The lowest BCUT2D eigenvalue weighted by molar-refractivity contribution is 0.475. The Morgan fingerprint density at radius 2 is 1.82 bits per heavy atom. The Hall–Kier alpha value is -1.81. The van der Waals surface area contributed by atoms with Crippen LogP contribution in [0.4, 0.5) is 5.69 Å². The summed E-state index contributed by atoms with van der Waals surface area (Å²) >= 11 is 0. The number of phenolic OH excluding ortho intramolecular Hbond substituents is 1. The summed E-state index contributed by atoms with van der Waals surface area (Å²) < 4.78 is 12.0. The van der Waals surface area contributed by atoms with Crippen molar-refractivity contribution in [2.75, 3.05) is 5.73 Å². The third kappa shape index (κ3) is 3.07. The van der Waals surface area contributed by atoms with Gasteiger partial charge < -0.3 is 10.8 Å². The largest absolute Gasteiger partial charge is 0.508 e. The SMILES string of the molecule is Nc1ccc(S(=O)Cc2cccc(O)c2)cc1. The molecule has 3 nitrogen and oxygen atoms in total. The molecule has 0 aromatic heterocycles. The van der Waals surface area contributed by atoms with Crippen LogP contribution >= 0.6 is 0 Å². The van der Waals surface area contributed by atoms with Crippen molar-refractivity contribution in [1.82, 2.24) is 0 Å². The summed E-state index contributed by atoms with van der Waals surface area (Å²) in [5.41, 5.74) is 7.07. The predicted octanol–water partition coefficient (Wildman–Crippen LogP) is 2.28. The van der Waals surface area contributed by atoms with Gasteiger partial charge >= 0.3 is 0 Å². The average molecular weight is 247 g/mol. The molecule has 0 bridgehead atoms. The maximum absolute atomic E-state index is 12.0. The fraction of sp³-hybridized carbons (Fsp3) is 0.0769. The summed E-state index contributed by atoms with van der Waals surface area (Å²) in [4.78, 5) is 0.738. The van der Waals surface area contributed by atoms with Crippen LogP contribution in [-0.2, 0) is 16.6 Å². The van der Waals surface area contributed by atoms with Crippen LogP contribution in [-0.4, -0.2) is 9.32 Å². The third-order valence-electron chi connectivity index (χ3n) is 2.35. The van der Waals surface area contributed by atoms with Gasteiger partial charge in [-0.1, -0.05) is 12.1 Å². The Morgan fingerprint density at radius 1 is 1.12 bits per heavy atom. The fourth-order valence-corrected chi connectivity index (χ4v) is 2.59. The molecule has 88 valence electrons. The molecule has 0 aliphatic carbocycles. The molecule has 1 unspecified atom stereocenters. The lowest BCUT2D eigenvalue weighted by Crippen LogP contribution is -1.96. The van der Waals surface area contributed by atoms with Gasteiger partial charge in [0.2, 0.25) is 0 Å². The summed E-state index contributed by atoms with van der Waals surface area (Å²) in [5.74, 6) is 0.579. The number of aromatic hydroxyl groups is 1. The molecule has 2 aromatic rings. The third-order valence-corrected chi connectivity index (χ3v) is 3.74. The van der Waals surface area contributed by atoms with E-state index in [-0.39, 0.29) is 5.75 Å². The maximum atomic E-state index is 12.0. The minimum Gasteiger partial charge on any atom is -0.508 e. The molecule has 0 amide bonds. The molecule has 0 fully saturated rings. The highest BCUT2D eigenvalue weighted by Gasteiger charge is 2.05. The molecule has 4 heteroatoms. The quantitative estimate of drug-likeness (QED) is 0.818. The first kappa shape index (κ1) is 11.7. The maximum Gasteiger partial charge on any atom is 0.115 e. The molecular weight excluding hydrogens is 234 g/mol. The van der Waals surface area contributed by atoms with E-state index in [4.69, 9.17) is 5.73 Å². The summed E-state index contributed by atoms with van der Waals surface area (Å²) in [6.45, 7) is 0. The summed E-state index contributed by atoms with van der Waals surface area (Å²) in [7, 11) is -1.12. The van der Waals surface area contributed by atoms with Crippen molar-refractivity contribution in [3.05, 3.63) is 54.1 Å². The topological polar surface area (TPSA) is 63.3 Å². The molecule has 0 spiro atoms. The van der Waals surface area contributed by atoms with Crippen molar-refractivity contribution in [3.8, 4) is 5.75 Å². The molecule has 3 N–H and O–H groups in total. The number of anilines is 1. The van der Waals surface area contributed by atoms with Gasteiger partial charge in [0.05, 0.1) is 16.6 Å². The Bertz CT molecular complexity index is 537. The Balaban J connectivity index is 2.14. The van der Waals surface area contributed by atoms with Gasteiger partial charge in [-0.25, -0.2) is 0 Å². The second-order valence-corrected chi connectivity index (χ2v) is 5.18. The van der Waals surface area contributed by atoms with E-state index < -0.39 is 10.8 Å². The highest BCUT2D eigenvalue weighted by atomic mass is 32.2. The van der Waals surface area contributed by atoms with E-state index in [0.29, 0.717) is 11.4 Å². The number of nitrogens with two attached hydrogens (primary N) is 1. The van der Waals surface area contributed by atoms with E-state index in [9.17, 15) is 9.32 Å². The first-order chi connectivity index (χ1) is 8.15. The molecule has 1 atom stereocenters. The summed E-state index contributed by atoms with van der Waals surface area (Å²) in [5, 5.41) is 9.32. The van der Waals surface area contributed by atoms with E-state index >= 15 is 0 Å². The van der Waals surface area contributed by atoms with Crippen molar-refractivity contribution in [2.24, 2.45) is 0 Å². The van der Waals surface area contributed by atoms with Crippen LogP contribution in [0, 0.1) is 0 Å². The second-order valence-electron chi connectivity index (χ2n) is 3.73. The minimum atomic E-state index is -1.12. The summed E-state index contributed by atoms with van der Waals surface area (Å²) in [6, 6.07) is 13.8. The van der Waals surface area contributed by atoms with E-state index in [1.54, 1.807) is 42.5 Å². The molecule has 2 rings (SSSR count). The highest BCUT2D eigenvalue weighted by molar-refractivity contribution is 7.84. The summed E-state index contributed by atoms with van der Waals surface area (Å²) in [6.07, 6.45) is 0. The minimum absolute atomic E-state index is 0.191. The van der Waals surface area contributed by atoms with Gasteiger partial charge in [-0.15, -0.1) is 0 Å². The van der Waals surface area contributed by atoms with E-state index in [1.807, 2.05) is 6.07 Å². The predicted molar refractivity (Wildman–Crippen MR) is 69.1 cm³/mol. The van der Waals surface area contributed by atoms with Gasteiger partial charge in [-0.05, 0) is 42.0 Å². The van der Waals surface area contributed by atoms with Gasteiger partial charge in [-0.2, -0.15) is 0 Å². The highest BCUT2D eigenvalue weighted by Crippen LogP contribution is 2.17. The molecule has 0 heterocycles.